The molecular formula is C22H30F2N4O3. The Hall–Kier alpha value is -2.10. The minimum Gasteiger partial charge on any atom is -0.370 e. The molecule has 9 heteroatoms. The van der Waals surface area contributed by atoms with E-state index in [1.54, 1.807) is 6.07 Å². The molecule has 3 fully saturated rings. The zero-order valence-electron chi connectivity index (χ0n) is 17.6. The summed E-state index contributed by atoms with van der Waals surface area (Å²) in [7, 11) is 0. The number of halogens is 2. The molecule has 0 spiro atoms. The summed E-state index contributed by atoms with van der Waals surface area (Å²) in [5.41, 5.74) is 6.13. The SMILES string of the molecule is NC[C@H](C(=O)Nc1ccc(N2CCOCC2=O)c(C(F)F)c1)N(CC1CC1)C1CCC1. The van der Waals surface area contributed by atoms with Crippen LogP contribution in [-0.4, -0.2) is 61.6 Å². The van der Waals surface area contributed by atoms with Crippen LogP contribution in [0.25, 0.3) is 0 Å². The Kier molecular flexibility index (Phi) is 6.83. The average Bonchev–Trinajstić information content (AvgIpc) is 3.52. The minimum atomic E-state index is -2.78. The number of ether oxygens (including phenoxy) is 1. The minimum absolute atomic E-state index is 0.128. The lowest BCUT2D eigenvalue weighted by atomic mass is 9.89. The van der Waals surface area contributed by atoms with Crippen molar-refractivity contribution in [2.24, 2.45) is 11.7 Å². The molecule has 2 saturated carbocycles. The van der Waals surface area contributed by atoms with Gasteiger partial charge in [-0.05, 0) is 49.8 Å². The number of nitrogens with one attached hydrogen (secondary N) is 1. The summed E-state index contributed by atoms with van der Waals surface area (Å²) in [6.07, 6.45) is 2.87. The number of carbonyl (C=O) groups excluding carboxylic acids is 2. The van der Waals surface area contributed by atoms with Crippen molar-refractivity contribution in [1.82, 2.24) is 4.90 Å². The lowest BCUT2D eigenvalue weighted by Gasteiger charge is -2.41. The van der Waals surface area contributed by atoms with E-state index in [-0.39, 0.29) is 48.4 Å². The van der Waals surface area contributed by atoms with Crippen molar-refractivity contribution in [2.45, 2.75) is 50.6 Å². The molecule has 0 unspecified atom stereocenters. The molecule has 1 saturated heterocycles. The first-order valence-corrected chi connectivity index (χ1v) is 11.0. The molecule has 7 nitrogen and oxygen atoms in total. The van der Waals surface area contributed by atoms with Gasteiger partial charge in [-0.25, -0.2) is 8.78 Å². The molecule has 1 aromatic rings. The van der Waals surface area contributed by atoms with E-state index in [0.717, 1.165) is 25.8 Å². The number of morpholine rings is 1. The fourth-order valence-corrected chi connectivity index (χ4v) is 4.29. The molecule has 0 radical (unpaired) electrons. The van der Waals surface area contributed by atoms with Crippen molar-refractivity contribution < 1.29 is 23.1 Å². The van der Waals surface area contributed by atoms with Crippen molar-refractivity contribution >= 4 is 23.2 Å². The van der Waals surface area contributed by atoms with Gasteiger partial charge in [-0.1, -0.05) is 6.42 Å². The topological polar surface area (TPSA) is 87.9 Å². The van der Waals surface area contributed by atoms with E-state index in [9.17, 15) is 18.4 Å². The van der Waals surface area contributed by atoms with Crippen LogP contribution >= 0.6 is 0 Å². The molecule has 170 valence electrons. The van der Waals surface area contributed by atoms with Gasteiger partial charge >= 0.3 is 0 Å². The third-order valence-corrected chi connectivity index (χ3v) is 6.44. The van der Waals surface area contributed by atoms with Crippen molar-refractivity contribution in [3.05, 3.63) is 23.8 Å². The first-order chi connectivity index (χ1) is 15.0. The van der Waals surface area contributed by atoms with Crippen LogP contribution in [-0.2, 0) is 14.3 Å². The number of nitrogens with zero attached hydrogens (tertiary/aromatic N) is 2. The van der Waals surface area contributed by atoms with Gasteiger partial charge in [-0.3, -0.25) is 14.5 Å². The molecule has 1 atom stereocenters. The highest BCUT2D eigenvalue weighted by Gasteiger charge is 2.37. The van der Waals surface area contributed by atoms with E-state index in [1.807, 2.05) is 0 Å². The van der Waals surface area contributed by atoms with Crippen LogP contribution < -0.4 is 16.0 Å². The van der Waals surface area contributed by atoms with Gasteiger partial charge < -0.3 is 20.7 Å². The average molecular weight is 437 g/mol. The van der Waals surface area contributed by atoms with E-state index >= 15 is 0 Å². The van der Waals surface area contributed by atoms with Gasteiger partial charge in [0.25, 0.3) is 12.3 Å². The van der Waals surface area contributed by atoms with Crippen molar-refractivity contribution in [3.63, 3.8) is 0 Å². The molecule has 1 aliphatic heterocycles. The Morgan fingerprint density at radius 3 is 2.65 bits per heavy atom. The summed E-state index contributed by atoms with van der Waals surface area (Å²) < 4.78 is 32.6. The first-order valence-electron chi connectivity index (χ1n) is 11.0. The van der Waals surface area contributed by atoms with Gasteiger partial charge in [0.15, 0.2) is 0 Å². The van der Waals surface area contributed by atoms with E-state index in [0.29, 0.717) is 18.6 Å². The summed E-state index contributed by atoms with van der Waals surface area (Å²) in [6, 6.07) is 4.16. The Balaban J connectivity index is 1.51. The highest BCUT2D eigenvalue weighted by atomic mass is 19.3. The number of benzene rings is 1. The first kappa shape index (κ1) is 22.1. The second-order valence-electron chi connectivity index (χ2n) is 8.64. The maximum absolute atomic E-state index is 13.8. The number of anilines is 2. The van der Waals surface area contributed by atoms with E-state index in [2.05, 4.69) is 10.2 Å². The predicted octanol–water partition coefficient (Wildman–Crippen LogP) is 2.52. The van der Waals surface area contributed by atoms with Gasteiger partial charge in [0, 0.05) is 36.9 Å². The highest BCUT2D eigenvalue weighted by molar-refractivity contribution is 5.98. The Bertz CT molecular complexity index is 814. The predicted molar refractivity (Wildman–Crippen MR) is 113 cm³/mol. The fraction of sp³-hybridized carbons (Fsp3) is 0.636. The third-order valence-electron chi connectivity index (χ3n) is 6.44. The Morgan fingerprint density at radius 2 is 2.06 bits per heavy atom. The quantitative estimate of drug-likeness (QED) is 0.621. The van der Waals surface area contributed by atoms with Crippen LogP contribution in [0.3, 0.4) is 0 Å². The Labute approximate surface area is 180 Å². The number of hydrogen-bond donors (Lipinski definition) is 2. The number of amides is 2. The molecule has 4 rings (SSSR count). The zero-order valence-corrected chi connectivity index (χ0v) is 17.6. The van der Waals surface area contributed by atoms with Gasteiger partial charge in [0.1, 0.15) is 12.6 Å². The smallest absolute Gasteiger partial charge is 0.265 e. The number of nitrogens with two attached hydrogens (primary N) is 1. The molecule has 0 bridgehead atoms. The molecule has 3 N–H and O–H groups in total. The molecule has 0 aromatic heterocycles. The number of rotatable bonds is 9. The van der Waals surface area contributed by atoms with E-state index in [1.165, 1.54) is 29.9 Å². The summed E-state index contributed by atoms with van der Waals surface area (Å²) in [4.78, 5) is 28.7. The van der Waals surface area contributed by atoms with Crippen LogP contribution in [0, 0.1) is 5.92 Å². The number of alkyl halides is 2. The molecular weight excluding hydrogens is 406 g/mol. The lowest BCUT2D eigenvalue weighted by Crippen LogP contribution is -2.55. The largest absolute Gasteiger partial charge is 0.370 e. The summed E-state index contributed by atoms with van der Waals surface area (Å²) in [6.45, 7) is 1.43. The maximum Gasteiger partial charge on any atom is 0.265 e. The lowest BCUT2D eigenvalue weighted by molar-refractivity contribution is -0.125. The summed E-state index contributed by atoms with van der Waals surface area (Å²) in [5, 5.41) is 2.78. The molecule has 3 aliphatic rings. The number of hydrogen-bond acceptors (Lipinski definition) is 5. The van der Waals surface area contributed by atoms with Crippen LogP contribution in [0.5, 0.6) is 0 Å². The highest BCUT2D eigenvalue weighted by Crippen LogP contribution is 2.36. The second-order valence-corrected chi connectivity index (χ2v) is 8.64. The third kappa shape index (κ3) is 5.05. The molecule has 1 aromatic carbocycles. The summed E-state index contributed by atoms with van der Waals surface area (Å²) >= 11 is 0. The maximum atomic E-state index is 13.8. The molecule has 2 amide bonds. The van der Waals surface area contributed by atoms with Crippen LogP contribution in [0.1, 0.15) is 44.1 Å². The van der Waals surface area contributed by atoms with Crippen molar-refractivity contribution in [3.8, 4) is 0 Å². The summed E-state index contributed by atoms with van der Waals surface area (Å²) in [5.74, 6) is -0.00644. The normalized spacial score (nSPS) is 20.8. The van der Waals surface area contributed by atoms with Crippen molar-refractivity contribution in [2.75, 3.05) is 43.1 Å². The second kappa shape index (κ2) is 9.58. The van der Waals surface area contributed by atoms with E-state index < -0.39 is 12.5 Å². The number of carbonyl (C=O) groups is 2. The van der Waals surface area contributed by atoms with E-state index in [4.69, 9.17) is 10.5 Å². The standard InChI is InChI=1S/C22H30F2N4O3/c23-21(24)17-10-15(6-7-18(17)27-8-9-31-13-20(27)29)26-22(30)19(11-25)28(12-14-4-5-14)16-2-1-3-16/h6-7,10,14,16,19,21H,1-5,8-9,11-13,25H2,(H,26,30)/t19-/m1/s1. The van der Waals surface area contributed by atoms with Crippen LogP contribution in [0.2, 0.25) is 0 Å². The van der Waals surface area contributed by atoms with Crippen LogP contribution in [0.15, 0.2) is 18.2 Å². The monoisotopic (exact) mass is 436 g/mol. The van der Waals surface area contributed by atoms with Crippen molar-refractivity contribution in [1.29, 1.82) is 0 Å². The molecule has 2 aliphatic carbocycles. The van der Waals surface area contributed by atoms with Crippen LogP contribution in [0.4, 0.5) is 20.2 Å². The van der Waals surface area contributed by atoms with Gasteiger partial charge in [-0.2, -0.15) is 0 Å². The zero-order chi connectivity index (χ0) is 22.0. The fourth-order valence-electron chi connectivity index (χ4n) is 4.29. The van der Waals surface area contributed by atoms with Gasteiger partial charge in [-0.15, -0.1) is 0 Å². The molecule has 1 heterocycles. The molecule has 31 heavy (non-hydrogen) atoms. The van der Waals surface area contributed by atoms with Gasteiger partial charge in [0.2, 0.25) is 5.91 Å². The van der Waals surface area contributed by atoms with Gasteiger partial charge in [0.05, 0.1) is 12.3 Å². The Morgan fingerprint density at radius 1 is 1.29 bits per heavy atom.